The van der Waals surface area contributed by atoms with Crippen molar-refractivity contribution in [1.82, 2.24) is 19.6 Å². The zero-order valence-corrected chi connectivity index (χ0v) is 20.1. The lowest BCUT2D eigenvalue weighted by atomic mass is 10.1. The van der Waals surface area contributed by atoms with Crippen molar-refractivity contribution in [2.75, 3.05) is 38.0 Å². The van der Waals surface area contributed by atoms with Gasteiger partial charge in [0.15, 0.2) is 4.96 Å². The lowest BCUT2D eigenvalue weighted by Gasteiger charge is -2.28. The quantitative estimate of drug-likeness (QED) is 0.375. The molecule has 4 heterocycles. The number of rotatable bonds is 6. The molecule has 2 aromatic heterocycles. The van der Waals surface area contributed by atoms with Gasteiger partial charge in [0.05, 0.1) is 15.9 Å². The number of benzene rings is 2. The predicted octanol–water partition coefficient (Wildman–Crippen LogP) is 4.88. The van der Waals surface area contributed by atoms with Gasteiger partial charge in [0.25, 0.3) is 5.91 Å². The van der Waals surface area contributed by atoms with Gasteiger partial charge in [-0.2, -0.15) is 0 Å². The van der Waals surface area contributed by atoms with Crippen LogP contribution in [0, 0.1) is 5.82 Å². The fourth-order valence-corrected chi connectivity index (χ4v) is 6.07. The van der Waals surface area contributed by atoms with Crippen molar-refractivity contribution < 1.29 is 13.6 Å². The molecule has 0 aliphatic carbocycles. The van der Waals surface area contributed by atoms with Crippen molar-refractivity contribution in [1.29, 1.82) is 0 Å². The smallest absolute Gasteiger partial charge is 0.251 e. The zero-order chi connectivity index (χ0) is 23.9. The normalized spacial score (nSPS) is 16.6. The Morgan fingerprint density at radius 1 is 1.23 bits per heavy atom. The van der Waals surface area contributed by atoms with E-state index < -0.39 is 6.17 Å². The monoisotopic (exact) mass is 495 g/mol. The number of imidazole rings is 1. The van der Waals surface area contributed by atoms with Gasteiger partial charge in [-0.1, -0.05) is 11.3 Å². The van der Waals surface area contributed by atoms with Crippen LogP contribution in [0.25, 0.3) is 26.4 Å². The first-order valence-corrected chi connectivity index (χ1v) is 13.0. The first kappa shape index (κ1) is 22.4. The molecule has 0 unspecified atom stereocenters. The minimum Gasteiger partial charge on any atom is -0.384 e. The van der Waals surface area contributed by atoms with E-state index in [1.165, 1.54) is 11.3 Å². The number of thiazole rings is 1. The molecule has 0 radical (unpaired) electrons. The van der Waals surface area contributed by atoms with Crippen molar-refractivity contribution in [2.45, 2.75) is 31.9 Å². The van der Waals surface area contributed by atoms with Crippen LogP contribution >= 0.6 is 11.3 Å². The van der Waals surface area contributed by atoms with E-state index in [-0.39, 0.29) is 11.7 Å². The number of nitrogens with zero attached hydrogens (tertiary/aromatic N) is 3. The van der Waals surface area contributed by atoms with Gasteiger partial charge in [-0.05, 0) is 68.1 Å². The second kappa shape index (κ2) is 9.20. The number of carbonyl (C=O) groups is 1. The Bertz CT molecular complexity index is 1410. The second-order valence-electron chi connectivity index (χ2n) is 9.35. The molecule has 6 rings (SSSR count). The topological polar surface area (TPSA) is 61.7 Å². The first-order valence-electron chi connectivity index (χ1n) is 12.2. The number of likely N-dealkylation sites (tertiary alicyclic amines) is 1. The van der Waals surface area contributed by atoms with Crippen LogP contribution in [0.5, 0.6) is 0 Å². The highest BCUT2D eigenvalue weighted by Gasteiger charge is 2.20. The van der Waals surface area contributed by atoms with Crippen molar-refractivity contribution in [3.63, 3.8) is 0 Å². The van der Waals surface area contributed by atoms with E-state index in [4.69, 9.17) is 0 Å². The summed E-state index contributed by atoms with van der Waals surface area (Å²) in [7, 11) is 0. The van der Waals surface area contributed by atoms with Crippen LogP contribution in [-0.4, -0.2) is 59.1 Å². The summed E-state index contributed by atoms with van der Waals surface area (Å²) in [5.74, 6) is -0.381. The van der Waals surface area contributed by atoms with Crippen molar-refractivity contribution >= 4 is 38.1 Å². The molecule has 0 saturated carbocycles. The highest BCUT2D eigenvalue weighted by atomic mass is 32.1. The second-order valence-corrected chi connectivity index (χ2v) is 10.4. The molecule has 2 aromatic carbocycles. The summed E-state index contributed by atoms with van der Waals surface area (Å²) >= 11 is 1.49. The van der Waals surface area contributed by atoms with Crippen molar-refractivity contribution in [3.05, 3.63) is 53.5 Å². The van der Waals surface area contributed by atoms with Gasteiger partial charge < -0.3 is 15.5 Å². The third-order valence-corrected chi connectivity index (χ3v) is 8.01. The number of halogens is 2. The average molecular weight is 496 g/mol. The molecule has 0 bridgehead atoms. The van der Waals surface area contributed by atoms with Crippen LogP contribution < -0.4 is 10.6 Å². The summed E-state index contributed by atoms with van der Waals surface area (Å²) < 4.78 is 30.9. The number of hydrogen-bond acceptors (Lipinski definition) is 5. The molecule has 2 aliphatic heterocycles. The van der Waals surface area contributed by atoms with E-state index in [1.54, 1.807) is 6.07 Å². The van der Waals surface area contributed by atoms with E-state index in [9.17, 15) is 13.6 Å². The van der Waals surface area contributed by atoms with Crippen LogP contribution in [-0.2, 0) is 6.42 Å². The molecule has 1 saturated heterocycles. The molecular formula is C26H27F2N5OS. The Labute approximate surface area is 206 Å². The summed E-state index contributed by atoms with van der Waals surface area (Å²) in [6.45, 7) is 3.88. The molecule has 1 fully saturated rings. The SMILES string of the molecule is O=C(NCCCN1CCC(F)CC1)c1ccc2c(c1)sc1nc(-c3cc4c(cc3F)NCC4)cn12. The highest BCUT2D eigenvalue weighted by Crippen LogP contribution is 2.34. The Balaban J connectivity index is 1.14. The summed E-state index contributed by atoms with van der Waals surface area (Å²) in [5, 5.41) is 6.19. The highest BCUT2D eigenvalue weighted by molar-refractivity contribution is 7.23. The van der Waals surface area contributed by atoms with Crippen molar-refractivity contribution in [2.24, 2.45) is 0 Å². The molecule has 0 atom stereocenters. The number of hydrogen-bond donors (Lipinski definition) is 2. The number of alkyl halides is 1. The number of anilines is 1. The summed E-state index contributed by atoms with van der Waals surface area (Å²) in [6.07, 6.45) is 4.15. The van der Waals surface area contributed by atoms with Gasteiger partial charge in [0.2, 0.25) is 0 Å². The summed E-state index contributed by atoms with van der Waals surface area (Å²) in [4.78, 5) is 20.4. The number of amides is 1. The van der Waals surface area contributed by atoms with E-state index in [2.05, 4.69) is 20.5 Å². The summed E-state index contributed by atoms with van der Waals surface area (Å²) in [6, 6.07) is 9.07. The number of fused-ring (bicyclic) bond motifs is 4. The van der Waals surface area contributed by atoms with Gasteiger partial charge in [-0.3, -0.25) is 9.20 Å². The number of nitrogens with one attached hydrogen (secondary N) is 2. The maximum Gasteiger partial charge on any atom is 0.251 e. The molecule has 9 heteroatoms. The zero-order valence-electron chi connectivity index (χ0n) is 19.3. The van der Waals surface area contributed by atoms with E-state index in [0.717, 1.165) is 65.4 Å². The standard InChI is InChI=1S/C26H27F2N5OS/c27-18-5-10-32(11-6-18)9-1-7-30-25(34)17-2-3-23-24(13-17)35-26-31-22(15-33(23)26)19-12-16-4-8-29-21(16)14-20(19)28/h2-3,12-15,18,29H,1,4-11H2,(H,30,34). The molecular weight excluding hydrogens is 468 g/mol. The Hall–Kier alpha value is -3.04. The van der Waals surface area contributed by atoms with Crippen LogP contribution in [0.4, 0.5) is 14.5 Å². The van der Waals surface area contributed by atoms with E-state index in [0.29, 0.717) is 36.2 Å². The maximum absolute atomic E-state index is 14.7. The number of carbonyl (C=O) groups excluding carboxylic acids is 1. The third kappa shape index (κ3) is 4.38. The predicted molar refractivity (Wildman–Crippen MR) is 136 cm³/mol. The third-order valence-electron chi connectivity index (χ3n) is 6.99. The molecule has 2 aliphatic rings. The molecule has 35 heavy (non-hydrogen) atoms. The minimum absolute atomic E-state index is 0.102. The lowest BCUT2D eigenvalue weighted by Crippen LogP contribution is -2.36. The van der Waals surface area contributed by atoms with Crippen LogP contribution in [0.3, 0.4) is 0 Å². The Kier molecular flexibility index (Phi) is 5.89. The molecule has 4 aromatic rings. The van der Waals surface area contributed by atoms with E-state index >= 15 is 0 Å². The number of aromatic nitrogens is 2. The van der Waals surface area contributed by atoms with E-state index in [1.807, 2.05) is 34.9 Å². The molecule has 1 amide bonds. The van der Waals surface area contributed by atoms with Gasteiger partial charge in [0.1, 0.15) is 12.0 Å². The molecule has 2 N–H and O–H groups in total. The van der Waals surface area contributed by atoms with Gasteiger partial charge in [0, 0.05) is 49.2 Å². The van der Waals surface area contributed by atoms with Crippen molar-refractivity contribution in [3.8, 4) is 11.3 Å². The van der Waals surface area contributed by atoms with Crippen LogP contribution in [0.15, 0.2) is 36.5 Å². The lowest BCUT2D eigenvalue weighted by molar-refractivity contribution is 0.0950. The van der Waals surface area contributed by atoms with Crippen LogP contribution in [0.1, 0.15) is 35.2 Å². The fourth-order valence-electron chi connectivity index (χ4n) is 5.02. The Morgan fingerprint density at radius 3 is 2.94 bits per heavy atom. The maximum atomic E-state index is 14.7. The van der Waals surface area contributed by atoms with Gasteiger partial charge in [-0.25, -0.2) is 13.8 Å². The van der Waals surface area contributed by atoms with Crippen LogP contribution in [0.2, 0.25) is 0 Å². The fraction of sp³-hybridized carbons (Fsp3) is 0.385. The molecule has 6 nitrogen and oxygen atoms in total. The average Bonchev–Trinajstić information content (AvgIpc) is 3.56. The summed E-state index contributed by atoms with van der Waals surface area (Å²) in [5.41, 5.74) is 4.66. The number of piperidine rings is 1. The van der Waals surface area contributed by atoms with Gasteiger partial charge in [-0.15, -0.1) is 0 Å². The first-order chi connectivity index (χ1) is 17.0. The minimum atomic E-state index is -0.662. The van der Waals surface area contributed by atoms with Gasteiger partial charge >= 0.3 is 0 Å². The largest absolute Gasteiger partial charge is 0.384 e. The molecule has 0 spiro atoms. The Morgan fingerprint density at radius 2 is 2.09 bits per heavy atom. The molecule has 182 valence electrons.